The second kappa shape index (κ2) is 5.69. The largest absolute Gasteiger partial charge is 0.382 e. The molecule has 1 aliphatic heterocycles. The Labute approximate surface area is 121 Å². The highest BCUT2D eigenvalue weighted by Crippen LogP contribution is 2.30. The second-order valence-electron chi connectivity index (χ2n) is 4.91. The van der Waals surface area contributed by atoms with Gasteiger partial charge < -0.3 is 10.1 Å². The molecule has 1 aliphatic rings. The topological polar surface area (TPSA) is 34.2 Å². The van der Waals surface area contributed by atoms with E-state index in [4.69, 9.17) is 4.74 Å². The fourth-order valence-electron chi connectivity index (χ4n) is 2.45. The first-order valence-corrected chi connectivity index (χ1v) is 8.61. The molecular formula is C14H18N2OS2. The van der Waals surface area contributed by atoms with Gasteiger partial charge in [0.05, 0.1) is 16.3 Å². The minimum absolute atomic E-state index is 0.362. The lowest BCUT2D eigenvalue weighted by Crippen LogP contribution is -2.32. The zero-order valence-electron chi connectivity index (χ0n) is 11.2. The van der Waals surface area contributed by atoms with Gasteiger partial charge in [0.15, 0.2) is 4.34 Å². The monoisotopic (exact) mass is 294 g/mol. The number of ether oxygens (including phenoxy) is 1. The molecule has 0 radical (unpaired) electrons. The van der Waals surface area contributed by atoms with Crippen LogP contribution in [-0.4, -0.2) is 30.0 Å². The highest BCUT2D eigenvalue weighted by Gasteiger charge is 2.19. The smallest absolute Gasteiger partial charge is 0.150 e. The Balaban J connectivity index is 1.77. The number of nitrogens with zero attached hydrogens (tertiary/aromatic N) is 1. The Morgan fingerprint density at radius 2 is 2.37 bits per heavy atom. The SMILES string of the molecule is CSc1nc2ccc(NC3CCOC(C)C3)cc2s1. The Kier molecular flexibility index (Phi) is 3.96. The number of hydrogen-bond donors (Lipinski definition) is 1. The van der Waals surface area contributed by atoms with Crippen LogP contribution in [0.25, 0.3) is 10.2 Å². The first-order chi connectivity index (χ1) is 9.24. The van der Waals surface area contributed by atoms with Gasteiger partial charge in [0.1, 0.15) is 0 Å². The predicted octanol–water partition coefficient (Wildman–Crippen LogP) is 4.00. The van der Waals surface area contributed by atoms with E-state index in [1.807, 2.05) is 0 Å². The molecule has 0 saturated carbocycles. The first-order valence-electron chi connectivity index (χ1n) is 6.57. The molecular weight excluding hydrogens is 276 g/mol. The molecule has 2 aromatic rings. The van der Waals surface area contributed by atoms with Gasteiger partial charge in [0.25, 0.3) is 0 Å². The molecule has 0 bridgehead atoms. The lowest BCUT2D eigenvalue weighted by molar-refractivity contribution is 0.0232. The van der Waals surface area contributed by atoms with E-state index < -0.39 is 0 Å². The summed E-state index contributed by atoms with van der Waals surface area (Å²) in [5, 5.41) is 3.62. The lowest BCUT2D eigenvalue weighted by Gasteiger charge is -2.28. The van der Waals surface area contributed by atoms with Crippen molar-refractivity contribution in [2.45, 2.75) is 36.3 Å². The number of hydrogen-bond acceptors (Lipinski definition) is 5. The summed E-state index contributed by atoms with van der Waals surface area (Å²) in [6, 6.07) is 6.98. The van der Waals surface area contributed by atoms with Crippen molar-refractivity contribution >= 4 is 39.0 Å². The molecule has 1 N–H and O–H groups in total. The Bertz CT molecular complexity index is 570. The van der Waals surface area contributed by atoms with Crippen LogP contribution in [0.15, 0.2) is 22.5 Å². The molecule has 1 aromatic carbocycles. The molecule has 19 heavy (non-hydrogen) atoms. The zero-order valence-corrected chi connectivity index (χ0v) is 12.8. The van der Waals surface area contributed by atoms with Gasteiger partial charge in [0.2, 0.25) is 0 Å². The third-order valence-corrected chi connectivity index (χ3v) is 5.40. The van der Waals surface area contributed by atoms with Crippen molar-refractivity contribution in [3.63, 3.8) is 0 Å². The highest BCUT2D eigenvalue weighted by atomic mass is 32.2. The number of fused-ring (bicyclic) bond motifs is 1. The van der Waals surface area contributed by atoms with E-state index in [0.717, 1.165) is 29.3 Å². The summed E-state index contributed by atoms with van der Waals surface area (Å²) in [6.45, 7) is 3.00. The van der Waals surface area contributed by atoms with E-state index in [0.29, 0.717) is 12.1 Å². The number of thioether (sulfide) groups is 1. The summed E-state index contributed by atoms with van der Waals surface area (Å²) in [7, 11) is 0. The summed E-state index contributed by atoms with van der Waals surface area (Å²) in [5.74, 6) is 0. The zero-order chi connectivity index (χ0) is 13.2. The molecule has 2 unspecified atom stereocenters. The first kappa shape index (κ1) is 13.2. The van der Waals surface area contributed by atoms with Crippen LogP contribution in [0.3, 0.4) is 0 Å². The van der Waals surface area contributed by atoms with Crippen molar-refractivity contribution < 1.29 is 4.74 Å². The molecule has 2 heterocycles. The highest BCUT2D eigenvalue weighted by molar-refractivity contribution is 8.00. The Morgan fingerprint density at radius 3 is 3.16 bits per heavy atom. The molecule has 102 valence electrons. The predicted molar refractivity (Wildman–Crippen MR) is 83.5 cm³/mol. The third kappa shape index (κ3) is 3.04. The molecule has 0 amide bonds. The van der Waals surface area contributed by atoms with Gasteiger partial charge in [-0.1, -0.05) is 11.8 Å². The number of aromatic nitrogens is 1. The average Bonchev–Trinajstić information content (AvgIpc) is 2.81. The molecule has 5 heteroatoms. The number of benzene rings is 1. The van der Waals surface area contributed by atoms with Gasteiger partial charge in [-0.25, -0.2) is 4.98 Å². The van der Waals surface area contributed by atoms with Crippen LogP contribution in [0.1, 0.15) is 19.8 Å². The average molecular weight is 294 g/mol. The van der Waals surface area contributed by atoms with Crippen LogP contribution in [0.2, 0.25) is 0 Å². The van der Waals surface area contributed by atoms with E-state index >= 15 is 0 Å². The maximum absolute atomic E-state index is 5.58. The molecule has 2 atom stereocenters. The van der Waals surface area contributed by atoms with Gasteiger partial charge in [-0.15, -0.1) is 11.3 Å². The van der Waals surface area contributed by atoms with Gasteiger partial charge >= 0.3 is 0 Å². The van der Waals surface area contributed by atoms with Crippen LogP contribution in [0.4, 0.5) is 5.69 Å². The quantitative estimate of drug-likeness (QED) is 0.868. The van der Waals surface area contributed by atoms with E-state index in [1.54, 1.807) is 23.1 Å². The minimum Gasteiger partial charge on any atom is -0.382 e. The standard InChI is InChI=1S/C14H18N2OS2/c1-9-7-11(5-6-17-9)15-10-3-4-12-13(8-10)19-14(16-12)18-2/h3-4,8-9,11,15H,5-7H2,1-2H3. The van der Waals surface area contributed by atoms with Crippen LogP contribution in [0.5, 0.6) is 0 Å². The number of anilines is 1. The molecule has 1 saturated heterocycles. The van der Waals surface area contributed by atoms with Gasteiger partial charge in [-0.3, -0.25) is 0 Å². The van der Waals surface area contributed by atoms with Crippen molar-refractivity contribution in [2.75, 3.05) is 18.2 Å². The normalized spacial score (nSPS) is 23.7. The summed E-state index contributed by atoms with van der Waals surface area (Å²) in [4.78, 5) is 4.56. The number of nitrogens with one attached hydrogen (secondary N) is 1. The van der Waals surface area contributed by atoms with Gasteiger partial charge in [0, 0.05) is 18.3 Å². The van der Waals surface area contributed by atoms with Gasteiger partial charge in [-0.2, -0.15) is 0 Å². The summed E-state index contributed by atoms with van der Waals surface area (Å²) >= 11 is 3.47. The van der Waals surface area contributed by atoms with Crippen LogP contribution < -0.4 is 5.32 Å². The van der Waals surface area contributed by atoms with E-state index in [9.17, 15) is 0 Å². The van der Waals surface area contributed by atoms with Crippen molar-refractivity contribution in [1.82, 2.24) is 4.98 Å². The Hall–Kier alpha value is -0.780. The summed E-state index contributed by atoms with van der Waals surface area (Å²) in [5.41, 5.74) is 2.29. The van der Waals surface area contributed by atoms with Crippen LogP contribution in [0, 0.1) is 0 Å². The number of rotatable bonds is 3. The molecule has 3 rings (SSSR count). The van der Waals surface area contributed by atoms with E-state index in [-0.39, 0.29) is 0 Å². The van der Waals surface area contributed by atoms with Crippen molar-refractivity contribution in [2.24, 2.45) is 0 Å². The Morgan fingerprint density at radius 1 is 1.47 bits per heavy atom. The maximum Gasteiger partial charge on any atom is 0.150 e. The third-order valence-electron chi connectivity index (χ3n) is 3.40. The fraction of sp³-hybridized carbons (Fsp3) is 0.500. The second-order valence-corrected chi connectivity index (χ2v) is 7.00. The lowest BCUT2D eigenvalue weighted by atomic mass is 10.0. The molecule has 0 aliphatic carbocycles. The van der Waals surface area contributed by atoms with Crippen molar-refractivity contribution in [1.29, 1.82) is 0 Å². The molecule has 3 nitrogen and oxygen atoms in total. The van der Waals surface area contributed by atoms with Crippen molar-refractivity contribution in [3.8, 4) is 0 Å². The maximum atomic E-state index is 5.58. The summed E-state index contributed by atoms with van der Waals surface area (Å²) < 4.78 is 7.97. The molecule has 1 aromatic heterocycles. The van der Waals surface area contributed by atoms with E-state index in [1.165, 1.54) is 10.4 Å². The minimum atomic E-state index is 0.362. The number of thiazole rings is 1. The summed E-state index contributed by atoms with van der Waals surface area (Å²) in [6.07, 6.45) is 4.60. The van der Waals surface area contributed by atoms with Crippen LogP contribution >= 0.6 is 23.1 Å². The molecule has 0 spiro atoms. The van der Waals surface area contributed by atoms with Crippen LogP contribution in [-0.2, 0) is 4.74 Å². The fourth-order valence-corrected chi connectivity index (χ4v) is 3.97. The molecule has 1 fully saturated rings. The van der Waals surface area contributed by atoms with Gasteiger partial charge in [-0.05, 0) is 44.2 Å². The van der Waals surface area contributed by atoms with E-state index in [2.05, 4.69) is 41.7 Å². The van der Waals surface area contributed by atoms with Crippen molar-refractivity contribution in [3.05, 3.63) is 18.2 Å².